The first-order valence-electron chi connectivity index (χ1n) is 9.66. The molecule has 0 spiro atoms. The molecule has 2 aromatic heterocycles. The molecule has 4 heterocycles. The molecule has 1 fully saturated rings. The summed E-state index contributed by atoms with van der Waals surface area (Å²) in [5, 5.41) is 4.48. The van der Waals surface area contributed by atoms with Crippen LogP contribution in [-0.4, -0.2) is 58.3 Å². The van der Waals surface area contributed by atoms with Crippen molar-refractivity contribution >= 4 is 11.5 Å². The number of nitrogens with zero attached hydrogens (tertiary/aromatic N) is 5. The van der Waals surface area contributed by atoms with Gasteiger partial charge in [0.15, 0.2) is 5.65 Å². The Balaban J connectivity index is 1.64. The van der Waals surface area contributed by atoms with Crippen molar-refractivity contribution < 1.29 is 4.74 Å². The van der Waals surface area contributed by atoms with Gasteiger partial charge in [-0.1, -0.05) is 12.1 Å². The minimum atomic E-state index is 0.140. The standard InChI is InChI=1S/C21H25N5O/c1-21-8-4-9-25(21)11-12-27-17-6-3-5-16(13-17)18-14-22-26-10-7-19(23-20(18)26)24(2)15-21/h3,5-7,10,13-14H,4,8-9,11-12,15H2,1-2H3/t21-/m0/s1. The summed E-state index contributed by atoms with van der Waals surface area (Å²) in [6.07, 6.45) is 6.32. The molecule has 6 heteroatoms. The molecule has 2 aliphatic rings. The van der Waals surface area contributed by atoms with Crippen molar-refractivity contribution in [2.75, 3.05) is 38.2 Å². The molecular formula is C21H25N5O. The third-order valence-corrected chi connectivity index (χ3v) is 6.01. The summed E-state index contributed by atoms with van der Waals surface area (Å²) in [4.78, 5) is 9.80. The molecule has 140 valence electrons. The van der Waals surface area contributed by atoms with E-state index in [0.717, 1.165) is 48.0 Å². The van der Waals surface area contributed by atoms with Gasteiger partial charge in [-0.3, -0.25) is 4.90 Å². The van der Waals surface area contributed by atoms with Crippen LogP contribution in [0.3, 0.4) is 0 Å². The zero-order valence-electron chi connectivity index (χ0n) is 15.9. The fraction of sp³-hybridized carbons (Fsp3) is 0.429. The van der Waals surface area contributed by atoms with E-state index in [1.807, 2.05) is 29.0 Å². The average molecular weight is 363 g/mol. The molecule has 1 saturated heterocycles. The molecule has 0 radical (unpaired) electrons. The number of likely N-dealkylation sites (N-methyl/N-ethyl adjacent to an activating group) is 1. The maximum atomic E-state index is 6.10. The zero-order valence-corrected chi connectivity index (χ0v) is 15.9. The normalized spacial score (nSPS) is 23.3. The number of hydrogen-bond donors (Lipinski definition) is 0. The molecule has 0 amide bonds. The van der Waals surface area contributed by atoms with E-state index in [1.54, 1.807) is 0 Å². The van der Waals surface area contributed by atoms with Crippen LogP contribution in [0.4, 0.5) is 5.82 Å². The number of aromatic nitrogens is 3. The van der Waals surface area contributed by atoms with Crippen LogP contribution in [0.25, 0.3) is 16.8 Å². The smallest absolute Gasteiger partial charge is 0.165 e. The third-order valence-electron chi connectivity index (χ3n) is 6.01. The van der Waals surface area contributed by atoms with Gasteiger partial charge in [-0.15, -0.1) is 0 Å². The molecule has 1 atom stereocenters. The van der Waals surface area contributed by atoms with Gasteiger partial charge in [-0.05, 0) is 50.1 Å². The van der Waals surface area contributed by atoms with Gasteiger partial charge in [0.2, 0.25) is 0 Å². The van der Waals surface area contributed by atoms with Crippen LogP contribution in [0, 0.1) is 0 Å². The molecule has 3 aromatic rings. The van der Waals surface area contributed by atoms with E-state index < -0.39 is 0 Å². The second-order valence-electron chi connectivity index (χ2n) is 7.93. The highest BCUT2D eigenvalue weighted by atomic mass is 16.5. The summed E-state index contributed by atoms with van der Waals surface area (Å²) in [6, 6.07) is 10.3. The molecular weight excluding hydrogens is 338 g/mol. The number of benzene rings is 1. The Kier molecular flexibility index (Phi) is 3.82. The Labute approximate surface area is 159 Å². The minimum Gasteiger partial charge on any atom is -0.492 e. The number of hydrogen-bond acceptors (Lipinski definition) is 5. The minimum absolute atomic E-state index is 0.140. The summed E-state index contributed by atoms with van der Waals surface area (Å²) >= 11 is 0. The molecule has 0 saturated carbocycles. The van der Waals surface area contributed by atoms with Gasteiger partial charge in [-0.25, -0.2) is 9.50 Å². The number of anilines is 1. The Morgan fingerprint density at radius 2 is 2.11 bits per heavy atom. The summed E-state index contributed by atoms with van der Waals surface area (Å²) in [7, 11) is 2.14. The largest absolute Gasteiger partial charge is 0.492 e. The molecule has 1 aromatic carbocycles. The first kappa shape index (κ1) is 16.6. The van der Waals surface area contributed by atoms with Gasteiger partial charge >= 0.3 is 0 Å². The second-order valence-corrected chi connectivity index (χ2v) is 7.93. The van der Waals surface area contributed by atoms with Gasteiger partial charge in [0.05, 0.1) is 6.20 Å². The quantitative estimate of drug-likeness (QED) is 0.614. The van der Waals surface area contributed by atoms with Crippen molar-refractivity contribution in [3.63, 3.8) is 0 Å². The van der Waals surface area contributed by atoms with E-state index in [1.165, 1.54) is 12.8 Å². The number of ether oxygens (including phenoxy) is 1. The monoisotopic (exact) mass is 363 g/mol. The summed E-state index contributed by atoms with van der Waals surface area (Å²) < 4.78 is 7.94. The Hall–Kier alpha value is -2.60. The van der Waals surface area contributed by atoms with Gasteiger partial charge in [0, 0.05) is 37.4 Å². The highest BCUT2D eigenvalue weighted by Crippen LogP contribution is 2.32. The fourth-order valence-electron chi connectivity index (χ4n) is 4.53. The highest BCUT2D eigenvalue weighted by Gasteiger charge is 2.37. The van der Waals surface area contributed by atoms with E-state index in [4.69, 9.17) is 9.72 Å². The van der Waals surface area contributed by atoms with Crippen LogP contribution in [0.15, 0.2) is 42.7 Å². The van der Waals surface area contributed by atoms with E-state index in [9.17, 15) is 0 Å². The molecule has 27 heavy (non-hydrogen) atoms. The zero-order chi connectivity index (χ0) is 18.4. The summed E-state index contributed by atoms with van der Waals surface area (Å²) in [5.41, 5.74) is 3.13. The maximum absolute atomic E-state index is 6.10. The average Bonchev–Trinajstić information content (AvgIpc) is 3.24. The van der Waals surface area contributed by atoms with Crippen LogP contribution >= 0.6 is 0 Å². The Morgan fingerprint density at radius 1 is 1.19 bits per heavy atom. The van der Waals surface area contributed by atoms with Gasteiger partial charge < -0.3 is 9.64 Å². The predicted molar refractivity (Wildman–Crippen MR) is 106 cm³/mol. The first-order valence-corrected chi connectivity index (χ1v) is 9.66. The SMILES string of the molecule is CN1C[C@]2(C)CCCN2CCOc2cccc(c2)-c2cnn3ccc1nc23. The lowest BCUT2D eigenvalue weighted by Gasteiger charge is -2.38. The fourth-order valence-corrected chi connectivity index (χ4v) is 4.53. The predicted octanol–water partition coefficient (Wildman–Crippen LogP) is 3.08. The van der Waals surface area contributed by atoms with Crippen molar-refractivity contribution in [2.24, 2.45) is 0 Å². The topological polar surface area (TPSA) is 45.9 Å². The maximum Gasteiger partial charge on any atom is 0.165 e. The molecule has 4 bridgehead atoms. The Morgan fingerprint density at radius 3 is 3.04 bits per heavy atom. The van der Waals surface area contributed by atoms with Crippen LogP contribution in [0.5, 0.6) is 5.75 Å². The van der Waals surface area contributed by atoms with E-state index in [0.29, 0.717) is 6.61 Å². The molecule has 2 aliphatic heterocycles. The van der Waals surface area contributed by atoms with Crippen molar-refractivity contribution in [3.8, 4) is 16.9 Å². The number of rotatable bonds is 0. The summed E-state index contributed by atoms with van der Waals surface area (Å²) in [6.45, 7) is 6.10. The molecule has 5 rings (SSSR count). The molecule has 0 aliphatic carbocycles. The van der Waals surface area contributed by atoms with Crippen LogP contribution in [-0.2, 0) is 0 Å². The molecule has 0 N–H and O–H groups in total. The van der Waals surface area contributed by atoms with Crippen molar-refractivity contribution in [2.45, 2.75) is 25.3 Å². The number of fused-ring (bicyclic) bond motifs is 5. The van der Waals surface area contributed by atoms with Crippen LogP contribution < -0.4 is 9.64 Å². The highest BCUT2D eigenvalue weighted by molar-refractivity contribution is 5.78. The van der Waals surface area contributed by atoms with Crippen LogP contribution in [0.1, 0.15) is 19.8 Å². The molecule has 0 unspecified atom stereocenters. The van der Waals surface area contributed by atoms with Gasteiger partial charge in [0.25, 0.3) is 0 Å². The summed E-state index contributed by atoms with van der Waals surface area (Å²) in [5.74, 6) is 1.89. The lowest BCUT2D eigenvalue weighted by atomic mass is 9.98. The van der Waals surface area contributed by atoms with E-state index >= 15 is 0 Å². The van der Waals surface area contributed by atoms with Crippen molar-refractivity contribution in [1.29, 1.82) is 0 Å². The second kappa shape index (κ2) is 6.23. The van der Waals surface area contributed by atoms with E-state index in [-0.39, 0.29) is 5.54 Å². The van der Waals surface area contributed by atoms with Crippen LogP contribution in [0.2, 0.25) is 0 Å². The van der Waals surface area contributed by atoms with E-state index in [2.05, 4.69) is 47.1 Å². The Bertz CT molecular complexity index is 984. The van der Waals surface area contributed by atoms with Crippen molar-refractivity contribution in [1.82, 2.24) is 19.5 Å². The van der Waals surface area contributed by atoms with Crippen molar-refractivity contribution in [3.05, 3.63) is 42.7 Å². The third kappa shape index (κ3) is 2.84. The first-order chi connectivity index (χ1) is 13.1. The lowest BCUT2D eigenvalue weighted by molar-refractivity contribution is 0.133. The lowest BCUT2D eigenvalue weighted by Crippen LogP contribution is -2.50. The van der Waals surface area contributed by atoms with Gasteiger partial charge in [0.1, 0.15) is 18.2 Å². The van der Waals surface area contributed by atoms with Gasteiger partial charge in [-0.2, -0.15) is 5.10 Å². The molecule has 6 nitrogen and oxygen atoms in total.